The van der Waals surface area contributed by atoms with E-state index in [0.717, 1.165) is 0 Å². The third-order valence-corrected chi connectivity index (χ3v) is 3.89. The molecule has 16 heavy (non-hydrogen) atoms. The van der Waals surface area contributed by atoms with Gasteiger partial charge in [-0.15, -0.1) is 0 Å². The largest absolute Gasteiger partial charge is 0.281 e. The van der Waals surface area contributed by atoms with Crippen LogP contribution in [0.4, 0.5) is 0 Å². The molecule has 0 unspecified atom stereocenters. The van der Waals surface area contributed by atoms with Crippen LogP contribution in [0.25, 0.3) is 0 Å². The van der Waals surface area contributed by atoms with Crippen molar-refractivity contribution in [3.63, 3.8) is 0 Å². The zero-order valence-electron chi connectivity index (χ0n) is 9.74. The fourth-order valence-electron chi connectivity index (χ4n) is 1.45. The molecule has 0 aliphatic rings. The maximum atomic E-state index is 11.9. The van der Waals surface area contributed by atoms with Crippen molar-refractivity contribution in [2.24, 2.45) is 0 Å². The van der Waals surface area contributed by atoms with Crippen LogP contribution in [0.3, 0.4) is 0 Å². The van der Waals surface area contributed by atoms with Gasteiger partial charge in [-0.05, 0) is 27.2 Å². The molecule has 1 aromatic rings. The van der Waals surface area contributed by atoms with Gasteiger partial charge in [-0.25, -0.2) is 13.1 Å². The Hall–Kier alpha value is -1.14. The minimum atomic E-state index is -3.44. The number of sulfonamides is 1. The van der Waals surface area contributed by atoms with Crippen LogP contribution in [0.5, 0.6) is 0 Å². The smallest absolute Gasteiger partial charge is 0.244 e. The first-order valence-electron chi connectivity index (χ1n) is 5.11. The topological polar surface area (TPSA) is 74.8 Å². The molecular formula is C10H17N3O2S. The molecule has 0 aliphatic carbocycles. The van der Waals surface area contributed by atoms with Crippen molar-refractivity contribution in [2.45, 2.75) is 32.1 Å². The van der Waals surface area contributed by atoms with Gasteiger partial charge in [0.15, 0.2) is 0 Å². The highest BCUT2D eigenvalue weighted by Crippen LogP contribution is 2.15. The normalized spacial score (nSPS) is 12.4. The minimum Gasteiger partial charge on any atom is -0.281 e. The number of allylic oxidation sites excluding steroid dienone is 1. The number of H-pyrrole nitrogens is 1. The Kier molecular flexibility index (Phi) is 4.26. The van der Waals surface area contributed by atoms with Crippen LogP contribution in [0, 0.1) is 13.8 Å². The highest BCUT2D eigenvalue weighted by Gasteiger charge is 2.21. The van der Waals surface area contributed by atoms with Crippen LogP contribution in [0.15, 0.2) is 17.0 Å². The summed E-state index contributed by atoms with van der Waals surface area (Å²) in [6.45, 7) is 5.67. The summed E-state index contributed by atoms with van der Waals surface area (Å²) in [5.41, 5.74) is 1.06. The van der Waals surface area contributed by atoms with Gasteiger partial charge in [0, 0.05) is 6.54 Å². The van der Waals surface area contributed by atoms with E-state index in [9.17, 15) is 8.42 Å². The summed E-state index contributed by atoms with van der Waals surface area (Å²) < 4.78 is 26.3. The number of nitrogens with one attached hydrogen (secondary N) is 2. The van der Waals surface area contributed by atoms with E-state index < -0.39 is 10.0 Å². The van der Waals surface area contributed by atoms with Gasteiger partial charge in [0.1, 0.15) is 4.90 Å². The lowest BCUT2D eigenvalue weighted by molar-refractivity contribution is 0.581. The second kappa shape index (κ2) is 5.27. The number of aromatic amines is 1. The van der Waals surface area contributed by atoms with Crippen LogP contribution in [-0.4, -0.2) is 25.2 Å². The van der Waals surface area contributed by atoms with E-state index in [0.29, 0.717) is 24.4 Å². The third-order valence-electron chi connectivity index (χ3n) is 2.17. The molecule has 0 fully saturated rings. The first kappa shape index (κ1) is 12.9. The molecule has 1 rings (SSSR count). The van der Waals surface area contributed by atoms with Crippen molar-refractivity contribution in [3.8, 4) is 0 Å². The quantitative estimate of drug-likeness (QED) is 0.604. The summed E-state index contributed by atoms with van der Waals surface area (Å²) in [6, 6.07) is 0. The van der Waals surface area contributed by atoms with Crippen LogP contribution in [-0.2, 0) is 10.0 Å². The standard InChI is InChI=1S/C10H17N3O2S/c1-4-5-6-7-11-16(14,15)10-8(2)12-13-9(10)3/h4-5,11H,6-7H2,1-3H3,(H,12,13)/b5-4+. The Balaban J connectivity index is 2.79. The van der Waals surface area contributed by atoms with Crippen molar-refractivity contribution >= 4 is 10.0 Å². The van der Waals surface area contributed by atoms with Crippen LogP contribution < -0.4 is 4.72 Å². The van der Waals surface area contributed by atoms with Crippen LogP contribution in [0.2, 0.25) is 0 Å². The van der Waals surface area contributed by atoms with E-state index in [-0.39, 0.29) is 4.90 Å². The fraction of sp³-hybridized carbons (Fsp3) is 0.500. The molecule has 1 heterocycles. The molecule has 0 aliphatic heterocycles. The van der Waals surface area contributed by atoms with E-state index in [4.69, 9.17) is 0 Å². The summed E-state index contributed by atoms with van der Waals surface area (Å²) in [5, 5.41) is 6.53. The molecule has 0 aromatic carbocycles. The molecule has 5 nitrogen and oxygen atoms in total. The molecule has 1 aromatic heterocycles. The average Bonchev–Trinajstić information content (AvgIpc) is 2.54. The van der Waals surface area contributed by atoms with Crippen molar-refractivity contribution in [1.29, 1.82) is 0 Å². The number of hydrogen-bond acceptors (Lipinski definition) is 3. The number of aromatic nitrogens is 2. The summed E-state index contributed by atoms with van der Waals surface area (Å²) in [5.74, 6) is 0. The molecular weight excluding hydrogens is 226 g/mol. The van der Waals surface area contributed by atoms with Crippen LogP contribution in [0.1, 0.15) is 24.7 Å². The monoisotopic (exact) mass is 243 g/mol. The average molecular weight is 243 g/mol. The summed E-state index contributed by atoms with van der Waals surface area (Å²) in [4.78, 5) is 0.257. The molecule has 0 saturated heterocycles. The Morgan fingerprint density at radius 1 is 1.44 bits per heavy atom. The van der Waals surface area contributed by atoms with Crippen molar-refractivity contribution in [3.05, 3.63) is 23.5 Å². The predicted molar refractivity (Wildman–Crippen MR) is 62.7 cm³/mol. The zero-order chi connectivity index (χ0) is 12.2. The SMILES string of the molecule is C/C=C/CCNS(=O)(=O)c1c(C)n[nH]c1C. The van der Waals surface area contributed by atoms with Gasteiger partial charge in [-0.2, -0.15) is 5.10 Å². The molecule has 0 bridgehead atoms. The molecule has 2 N–H and O–H groups in total. The summed E-state index contributed by atoms with van der Waals surface area (Å²) in [6.07, 6.45) is 4.49. The molecule has 0 amide bonds. The van der Waals surface area contributed by atoms with Gasteiger partial charge in [0.2, 0.25) is 10.0 Å². The lowest BCUT2D eigenvalue weighted by atomic mass is 10.4. The van der Waals surface area contributed by atoms with Crippen LogP contribution >= 0.6 is 0 Å². The number of rotatable bonds is 5. The van der Waals surface area contributed by atoms with Gasteiger partial charge in [0.25, 0.3) is 0 Å². The van der Waals surface area contributed by atoms with E-state index in [1.54, 1.807) is 13.8 Å². The number of nitrogens with zero attached hydrogens (tertiary/aromatic N) is 1. The van der Waals surface area contributed by atoms with Crippen molar-refractivity contribution in [2.75, 3.05) is 6.54 Å². The molecule has 0 radical (unpaired) electrons. The van der Waals surface area contributed by atoms with E-state index >= 15 is 0 Å². The molecule has 0 saturated carbocycles. The van der Waals surface area contributed by atoms with Crippen molar-refractivity contribution < 1.29 is 8.42 Å². The third kappa shape index (κ3) is 2.93. The first-order chi connectivity index (χ1) is 7.49. The molecule has 0 atom stereocenters. The van der Waals surface area contributed by atoms with Gasteiger partial charge in [0.05, 0.1) is 11.4 Å². The second-order valence-electron chi connectivity index (χ2n) is 3.52. The van der Waals surface area contributed by atoms with Gasteiger partial charge < -0.3 is 0 Å². The van der Waals surface area contributed by atoms with E-state index in [2.05, 4.69) is 14.9 Å². The predicted octanol–water partition coefficient (Wildman–Crippen LogP) is 1.27. The van der Waals surface area contributed by atoms with E-state index in [1.807, 2.05) is 19.1 Å². The lowest BCUT2D eigenvalue weighted by Crippen LogP contribution is -2.25. The highest BCUT2D eigenvalue weighted by molar-refractivity contribution is 7.89. The molecule has 6 heteroatoms. The van der Waals surface area contributed by atoms with Gasteiger partial charge in [-0.1, -0.05) is 12.2 Å². The van der Waals surface area contributed by atoms with E-state index in [1.165, 1.54) is 0 Å². The molecule has 90 valence electrons. The lowest BCUT2D eigenvalue weighted by Gasteiger charge is -2.05. The zero-order valence-corrected chi connectivity index (χ0v) is 10.6. The van der Waals surface area contributed by atoms with Crippen molar-refractivity contribution in [1.82, 2.24) is 14.9 Å². The Morgan fingerprint density at radius 2 is 2.12 bits per heavy atom. The number of hydrogen-bond donors (Lipinski definition) is 2. The number of aryl methyl sites for hydroxylation is 2. The first-order valence-corrected chi connectivity index (χ1v) is 6.59. The van der Waals surface area contributed by atoms with Gasteiger partial charge in [-0.3, -0.25) is 5.10 Å². The fourth-order valence-corrected chi connectivity index (χ4v) is 2.87. The maximum Gasteiger partial charge on any atom is 0.244 e. The summed E-state index contributed by atoms with van der Waals surface area (Å²) >= 11 is 0. The van der Waals surface area contributed by atoms with Gasteiger partial charge >= 0.3 is 0 Å². The molecule has 0 spiro atoms. The highest BCUT2D eigenvalue weighted by atomic mass is 32.2. The minimum absolute atomic E-state index is 0.257. The Morgan fingerprint density at radius 3 is 2.62 bits per heavy atom. The second-order valence-corrected chi connectivity index (χ2v) is 5.22. The maximum absolute atomic E-state index is 11.9. The summed E-state index contributed by atoms with van der Waals surface area (Å²) in [7, 11) is -3.44. The Bertz CT molecular complexity index is 455. The Labute approximate surface area is 96.0 Å².